The van der Waals surface area contributed by atoms with Gasteiger partial charge in [0.05, 0.1) is 29.2 Å². The Morgan fingerprint density at radius 1 is 1.19 bits per heavy atom. The molecule has 0 bridgehead atoms. The molecule has 1 heterocycles. The van der Waals surface area contributed by atoms with Crippen LogP contribution in [0.5, 0.6) is 11.5 Å². The maximum Gasteiger partial charge on any atom is 0.304 e. The molecular weight excluding hydrogens is 413 g/mol. The lowest BCUT2D eigenvalue weighted by Gasteiger charge is -2.32. The highest BCUT2D eigenvalue weighted by Crippen LogP contribution is 2.36. The molecule has 1 unspecified atom stereocenters. The van der Waals surface area contributed by atoms with Crippen molar-refractivity contribution in [3.05, 3.63) is 58.1 Å². The second kappa shape index (κ2) is 10.2. The van der Waals surface area contributed by atoms with E-state index in [0.29, 0.717) is 41.2 Å². The SMILES string of the molecule is Cl.O=C(O)CCN1CCOC(c2ccc(Oc3c(Cl)cccc3Cl)cc2)C1. The first-order valence-electron chi connectivity index (χ1n) is 8.30. The van der Waals surface area contributed by atoms with Crippen LogP contribution in [0.1, 0.15) is 18.1 Å². The van der Waals surface area contributed by atoms with E-state index in [0.717, 1.165) is 12.1 Å². The zero-order valence-corrected chi connectivity index (χ0v) is 16.8. The van der Waals surface area contributed by atoms with Crippen LogP contribution in [0.2, 0.25) is 10.0 Å². The van der Waals surface area contributed by atoms with Crippen LogP contribution in [-0.2, 0) is 9.53 Å². The third kappa shape index (κ3) is 5.99. The van der Waals surface area contributed by atoms with Crippen LogP contribution in [0.25, 0.3) is 0 Å². The molecule has 2 aromatic carbocycles. The smallest absolute Gasteiger partial charge is 0.304 e. The number of carbonyl (C=O) groups is 1. The number of para-hydroxylation sites is 1. The van der Waals surface area contributed by atoms with E-state index in [4.69, 9.17) is 37.8 Å². The number of morpholine rings is 1. The molecule has 3 rings (SSSR count). The fourth-order valence-electron chi connectivity index (χ4n) is 2.81. The van der Waals surface area contributed by atoms with Gasteiger partial charge in [-0.05, 0) is 29.8 Å². The van der Waals surface area contributed by atoms with Crippen molar-refractivity contribution in [2.75, 3.05) is 26.2 Å². The van der Waals surface area contributed by atoms with E-state index >= 15 is 0 Å². The van der Waals surface area contributed by atoms with Crippen LogP contribution in [0.3, 0.4) is 0 Å². The van der Waals surface area contributed by atoms with Crippen LogP contribution in [0.4, 0.5) is 0 Å². The van der Waals surface area contributed by atoms with Gasteiger partial charge in [0, 0.05) is 19.6 Å². The number of aliphatic carboxylic acids is 1. The Labute approximate surface area is 174 Å². The summed E-state index contributed by atoms with van der Waals surface area (Å²) in [5, 5.41) is 9.73. The number of hydrogen-bond donors (Lipinski definition) is 1. The first-order chi connectivity index (χ1) is 12.5. The molecule has 146 valence electrons. The summed E-state index contributed by atoms with van der Waals surface area (Å²) < 4.78 is 11.6. The maximum atomic E-state index is 10.7. The standard InChI is InChI=1S/C19H19Cl2NO4.ClH/c20-15-2-1-3-16(21)19(15)26-14-6-4-13(5-7-14)17-12-22(10-11-25-17)9-8-18(23)24;/h1-7,17H,8-12H2,(H,23,24);1H. The molecule has 0 saturated carbocycles. The zero-order valence-electron chi connectivity index (χ0n) is 14.4. The van der Waals surface area contributed by atoms with Gasteiger partial charge in [-0.1, -0.05) is 41.4 Å². The molecule has 5 nitrogen and oxygen atoms in total. The number of carboxylic acids is 1. The number of hydrogen-bond acceptors (Lipinski definition) is 4. The molecule has 1 N–H and O–H groups in total. The first-order valence-corrected chi connectivity index (χ1v) is 9.06. The van der Waals surface area contributed by atoms with Gasteiger partial charge in [-0.2, -0.15) is 0 Å². The van der Waals surface area contributed by atoms with E-state index in [-0.39, 0.29) is 24.9 Å². The molecule has 1 saturated heterocycles. The van der Waals surface area contributed by atoms with Crippen molar-refractivity contribution < 1.29 is 19.4 Å². The minimum atomic E-state index is -0.784. The van der Waals surface area contributed by atoms with E-state index < -0.39 is 5.97 Å². The van der Waals surface area contributed by atoms with Crippen molar-refractivity contribution in [3.63, 3.8) is 0 Å². The Balaban J connectivity index is 0.00000261. The Morgan fingerprint density at radius 2 is 1.85 bits per heavy atom. The quantitative estimate of drug-likeness (QED) is 0.692. The van der Waals surface area contributed by atoms with Crippen molar-refractivity contribution >= 4 is 41.6 Å². The molecule has 0 radical (unpaired) electrons. The monoisotopic (exact) mass is 431 g/mol. The molecule has 1 fully saturated rings. The van der Waals surface area contributed by atoms with E-state index in [2.05, 4.69) is 4.90 Å². The van der Waals surface area contributed by atoms with E-state index in [1.54, 1.807) is 18.2 Å². The van der Waals surface area contributed by atoms with Gasteiger partial charge < -0.3 is 14.6 Å². The highest BCUT2D eigenvalue weighted by Gasteiger charge is 2.22. The van der Waals surface area contributed by atoms with E-state index in [9.17, 15) is 4.79 Å². The summed E-state index contributed by atoms with van der Waals surface area (Å²) in [6.45, 7) is 2.53. The Hall–Kier alpha value is -1.50. The van der Waals surface area contributed by atoms with Crippen molar-refractivity contribution in [1.82, 2.24) is 4.90 Å². The van der Waals surface area contributed by atoms with Gasteiger partial charge in [-0.15, -0.1) is 12.4 Å². The number of halogens is 3. The minimum absolute atomic E-state index is 0. The van der Waals surface area contributed by atoms with Gasteiger partial charge in [-0.25, -0.2) is 0 Å². The molecule has 1 atom stereocenters. The van der Waals surface area contributed by atoms with Crippen molar-refractivity contribution in [1.29, 1.82) is 0 Å². The zero-order chi connectivity index (χ0) is 18.5. The molecule has 1 aliphatic rings. The third-order valence-corrected chi connectivity index (χ3v) is 4.78. The van der Waals surface area contributed by atoms with Crippen LogP contribution < -0.4 is 4.74 Å². The van der Waals surface area contributed by atoms with Crippen LogP contribution >= 0.6 is 35.6 Å². The number of benzene rings is 2. The predicted octanol–water partition coefficient (Wildman–Crippen LogP) is 5.06. The number of carboxylic acid groups (broad SMARTS) is 1. The van der Waals surface area contributed by atoms with Gasteiger partial charge in [-0.3, -0.25) is 9.69 Å². The lowest BCUT2D eigenvalue weighted by molar-refractivity contribution is -0.137. The first kappa shape index (κ1) is 21.8. The lowest BCUT2D eigenvalue weighted by atomic mass is 10.1. The van der Waals surface area contributed by atoms with Gasteiger partial charge in [0.15, 0.2) is 5.75 Å². The number of rotatable bonds is 6. The lowest BCUT2D eigenvalue weighted by Crippen LogP contribution is -2.39. The molecule has 1 aliphatic heterocycles. The molecule has 0 amide bonds. The Bertz CT molecular complexity index is 750. The van der Waals surface area contributed by atoms with Gasteiger partial charge in [0.1, 0.15) is 5.75 Å². The highest BCUT2D eigenvalue weighted by molar-refractivity contribution is 6.37. The van der Waals surface area contributed by atoms with Crippen LogP contribution in [0, 0.1) is 0 Å². The summed E-state index contributed by atoms with van der Waals surface area (Å²) in [5.74, 6) is 0.271. The normalized spacial score (nSPS) is 17.2. The number of nitrogens with zero attached hydrogens (tertiary/aromatic N) is 1. The second-order valence-corrected chi connectivity index (χ2v) is 6.84. The van der Waals surface area contributed by atoms with Crippen LogP contribution in [-0.4, -0.2) is 42.2 Å². The molecule has 2 aromatic rings. The Morgan fingerprint density at radius 3 is 2.48 bits per heavy atom. The number of ether oxygens (including phenoxy) is 2. The summed E-state index contributed by atoms with van der Waals surface area (Å²) in [7, 11) is 0. The second-order valence-electron chi connectivity index (χ2n) is 6.03. The molecule has 0 spiro atoms. The maximum absolute atomic E-state index is 10.7. The average Bonchev–Trinajstić information content (AvgIpc) is 2.64. The van der Waals surface area contributed by atoms with E-state index in [1.807, 2.05) is 24.3 Å². The van der Waals surface area contributed by atoms with E-state index in [1.165, 1.54) is 0 Å². The highest BCUT2D eigenvalue weighted by atomic mass is 35.5. The van der Waals surface area contributed by atoms with Gasteiger partial charge >= 0.3 is 5.97 Å². The summed E-state index contributed by atoms with van der Waals surface area (Å²) in [6, 6.07) is 12.8. The molecule has 27 heavy (non-hydrogen) atoms. The van der Waals surface area contributed by atoms with Crippen molar-refractivity contribution in [3.8, 4) is 11.5 Å². The summed E-state index contributed by atoms with van der Waals surface area (Å²) in [5.41, 5.74) is 1.02. The molecule has 0 aliphatic carbocycles. The molecular formula is C19H20Cl3NO4. The Kier molecular flexibility index (Phi) is 8.20. The topological polar surface area (TPSA) is 59.0 Å². The fourth-order valence-corrected chi connectivity index (χ4v) is 3.28. The van der Waals surface area contributed by atoms with Crippen molar-refractivity contribution in [2.24, 2.45) is 0 Å². The average molecular weight is 433 g/mol. The van der Waals surface area contributed by atoms with Gasteiger partial charge in [0.2, 0.25) is 0 Å². The molecule has 8 heteroatoms. The minimum Gasteiger partial charge on any atom is -0.481 e. The van der Waals surface area contributed by atoms with Gasteiger partial charge in [0.25, 0.3) is 0 Å². The third-order valence-electron chi connectivity index (χ3n) is 4.18. The fraction of sp³-hybridized carbons (Fsp3) is 0.316. The summed E-state index contributed by atoms with van der Waals surface area (Å²) in [4.78, 5) is 12.8. The predicted molar refractivity (Wildman–Crippen MR) is 108 cm³/mol. The summed E-state index contributed by atoms with van der Waals surface area (Å²) in [6.07, 6.45) is 0.0495. The molecule has 0 aromatic heterocycles. The van der Waals surface area contributed by atoms with Crippen molar-refractivity contribution in [2.45, 2.75) is 12.5 Å². The largest absolute Gasteiger partial charge is 0.481 e. The van der Waals surface area contributed by atoms with Crippen LogP contribution in [0.15, 0.2) is 42.5 Å². The summed E-state index contributed by atoms with van der Waals surface area (Å²) >= 11 is 12.2.